The molecule has 39 heavy (non-hydrogen) atoms. The lowest BCUT2D eigenvalue weighted by Crippen LogP contribution is -2.51. The predicted octanol–water partition coefficient (Wildman–Crippen LogP) is 3.43. The lowest BCUT2D eigenvalue weighted by atomic mass is 9.91. The van der Waals surface area contributed by atoms with E-state index in [1.165, 1.54) is 12.1 Å². The second-order valence-electron chi connectivity index (χ2n) is 10.3. The third-order valence-electron chi connectivity index (χ3n) is 7.73. The average molecular weight is 560 g/mol. The minimum Gasteiger partial charge on any atom is -0.464 e. The fourth-order valence-corrected chi connectivity index (χ4v) is 6.83. The van der Waals surface area contributed by atoms with Gasteiger partial charge in [-0.2, -0.15) is 0 Å². The fourth-order valence-electron chi connectivity index (χ4n) is 5.40. The second-order valence-corrected chi connectivity index (χ2v) is 12.0. The lowest BCUT2D eigenvalue weighted by Gasteiger charge is -2.38. The average Bonchev–Trinajstić information content (AvgIpc) is 3.33. The van der Waals surface area contributed by atoms with Crippen molar-refractivity contribution in [2.24, 2.45) is 0 Å². The van der Waals surface area contributed by atoms with Crippen LogP contribution >= 0.6 is 0 Å². The molecule has 1 saturated heterocycles. The zero-order valence-corrected chi connectivity index (χ0v) is 22.8. The Balaban J connectivity index is 1.16. The number of hydrogen-bond acceptors (Lipinski definition) is 7. The van der Waals surface area contributed by atoms with E-state index in [0.717, 1.165) is 23.1 Å². The topological polar surface area (TPSA) is 112 Å². The van der Waals surface area contributed by atoms with Crippen LogP contribution in [0.15, 0.2) is 52.0 Å². The van der Waals surface area contributed by atoms with Gasteiger partial charge in [0, 0.05) is 44.7 Å². The first-order valence-electron chi connectivity index (χ1n) is 13.3. The van der Waals surface area contributed by atoms with Crippen LogP contribution in [-0.4, -0.2) is 74.3 Å². The van der Waals surface area contributed by atoms with Crippen molar-refractivity contribution in [3.05, 3.63) is 65.2 Å². The van der Waals surface area contributed by atoms with E-state index >= 15 is 0 Å². The molecule has 0 bridgehead atoms. The zero-order chi connectivity index (χ0) is 27.6. The summed E-state index contributed by atoms with van der Waals surface area (Å²) in [6.07, 6.45) is 3.21. The highest BCUT2D eigenvalue weighted by Crippen LogP contribution is 2.28. The van der Waals surface area contributed by atoms with Crippen LogP contribution in [0.2, 0.25) is 0 Å². The predicted molar refractivity (Wildman–Crippen MR) is 143 cm³/mol. The number of nitrogens with zero attached hydrogens (tertiary/aromatic N) is 2. The van der Waals surface area contributed by atoms with Crippen LogP contribution < -0.4 is 4.72 Å². The number of sulfonamides is 1. The first-order chi connectivity index (χ1) is 18.7. The molecular formula is C28H34FN3O6S. The minimum atomic E-state index is -3.86. The first kappa shape index (κ1) is 27.6. The summed E-state index contributed by atoms with van der Waals surface area (Å²) in [5.74, 6) is -0.301. The number of carbonyl (C=O) groups excluding carboxylic acids is 1. The first-order valence-corrected chi connectivity index (χ1v) is 14.8. The molecule has 1 aromatic heterocycles. The number of ether oxygens (including phenoxy) is 1. The summed E-state index contributed by atoms with van der Waals surface area (Å²) in [4.78, 5) is 16.1. The summed E-state index contributed by atoms with van der Waals surface area (Å²) in [5.41, 5.74) is 1.92. The third-order valence-corrected chi connectivity index (χ3v) is 9.22. The van der Waals surface area contributed by atoms with Crippen LogP contribution in [0, 0.1) is 5.82 Å². The van der Waals surface area contributed by atoms with Gasteiger partial charge >= 0.3 is 6.09 Å². The van der Waals surface area contributed by atoms with Crippen LogP contribution in [-0.2, 0) is 34.1 Å². The zero-order valence-electron chi connectivity index (χ0n) is 22.0. The Kier molecular flexibility index (Phi) is 7.95. The van der Waals surface area contributed by atoms with Crippen LogP contribution in [0.3, 0.4) is 0 Å². The van der Waals surface area contributed by atoms with Crippen LogP contribution in [0.4, 0.5) is 9.18 Å². The molecule has 2 aromatic carbocycles. The quantitative estimate of drug-likeness (QED) is 0.435. The summed E-state index contributed by atoms with van der Waals surface area (Å²) >= 11 is 0. The normalized spacial score (nSPS) is 17.8. The SMILES string of the molecule is CCOC(=O)N1CCc2c(cccc2S(=O)(=O)NCC2(O)CCN(CCc3coc4ccc(F)cc34)CC2)C1. The number of piperidine rings is 1. The van der Waals surface area contributed by atoms with Gasteiger partial charge < -0.3 is 24.1 Å². The van der Waals surface area contributed by atoms with Crippen LogP contribution in [0.1, 0.15) is 36.5 Å². The molecular weight excluding hydrogens is 525 g/mol. The van der Waals surface area contributed by atoms with Gasteiger partial charge in [-0.25, -0.2) is 22.3 Å². The Bertz CT molecular complexity index is 1450. The van der Waals surface area contributed by atoms with E-state index < -0.39 is 21.7 Å². The third kappa shape index (κ3) is 6.11. The number of aliphatic hydroxyl groups is 1. The van der Waals surface area contributed by atoms with Crippen molar-refractivity contribution in [1.82, 2.24) is 14.5 Å². The molecule has 3 heterocycles. The lowest BCUT2D eigenvalue weighted by molar-refractivity contribution is -0.0158. The molecule has 0 spiro atoms. The van der Waals surface area contributed by atoms with Crippen LogP contribution in [0.5, 0.6) is 0 Å². The van der Waals surface area contributed by atoms with Gasteiger partial charge in [-0.05, 0) is 73.6 Å². The van der Waals surface area contributed by atoms with Crippen molar-refractivity contribution in [1.29, 1.82) is 0 Å². The molecule has 2 N–H and O–H groups in total. The standard InChI is InChI=1S/C28H34FN3O6S/c1-2-37-27(33)32-13-9-23-20(17-32)4-3-5-26(23)39(35,36)30-19-28(34)10-14-31(15-11-28)12-8-21-18-38-25-7-6-22(29)16-24(21)25/h3-7,16,18,30,34H,2,8-15,17,19H2,1H3. The Morgan fingerprint density at radius 2 is 2.00 bits per heavy atom. The number of amides is 1. The van der Waals surface area contributed by atoms with Gasteiger partial charge in [-0.1, -0.05) is 12.1 Å². The second kappa shape index (κ2) is 11.2. The Morgan fingerprint density at radius 3 is 2.77 bits per heavy atom. The monoisotopic (exact) mass is 559 g/mol. The Morgan fingerprint density at radius 1 is 1.21 bits per heavy atom. The summed E-state index contributed by atoms with van der Waals surface area (Å²) < 4.78 is 53.4. The molecule has 1 fully saturated rings. The minimum absolute atomic E-state index is 0.0760. The molecule has 0 atom stereocenters. The molecule has 2 aliphatic rings. The molecule has 0 radical (unpaired) electrons. The van der Waals surface area contributed by atoms with Crippen molar-refractivity contribution >= 4 is 27.1 Å². The summed E-state index contributed by atoms with van der Waals surface area (Å²) in [7, 11) is -3.86. The van der Waals surface area contributed by atoms with E-state index in [9.17, 15) is 22.7 Å². The highest BCUT2D eigenvalue weighted by Gasteiger charge is 2.35. The largest absolute Gasteiger partial charge is 0.464 e. The van der Waals surface area contributed by atoms with E-state index in [1.807, 2.05) is 6.07 Å². The number of carbonyl (C=O) groups is 1. The number of likely N-dealkylation sites (tertiary alicyclic amines) is 1. The van der Waals surface area contributed by atoms with Crippen LogP contribution in [0.25, 0.3) is 11.0 Å². The van der Waals surface area contributed by atoms with E-state index in [4.69, 9.17) is 9.15 Å². The summed E-state index contributed by atoms with van der Waals surface area (Å²) in [6, 6.07) is 9.55. The molecule has 5 rings (SSSR count). The number of fused-ring (bicyclic) bond motifs is 2. The highest BCUT2D eigenvalue weighted by atomic mass is 32.2. The van der Waals surface area contributed by atoms with Gasteiger partial charge in [-0.3, -0.25) is 0 Å². The Labute approximate surface area is 227 Å². The molecule has 2 aliphatic heterocycles. The molecule has 11 heteroatoms. The number of benzene rings is 2. The molecule has 0 aliphatic carbocycles. The van der Waals surface area contributed by atoms with Gasteiger partial charge in [0.2, 0.25) is 10.0 Å². The van der Waals surface area contributed by atoms with E-state index in [-0.39, 0.29) is 23.9 Å². The molecule has 1 amide bonds. The maximum atomic E-state index is 13.6. The van der Waals surface area contributed by atoms with Gasteiger partial charge in [-0.15, -0.1) is 0 Å². The summed E-state index contributed by atoms with van der Waals surface area (Å²) in [5, 5.41) is 11.9. The van der Waals surface area contributed by atoms with Gasteiger partial charge in [0.05, 0.1) is 23.4 Å². The Hall–Kier alpha value is -2.99. The van der Waals surface area contributed by atoms with Crippen molar-refractivity contribution in [3.63, 3.8) is 0 Å². The number of hydrogen-bond donors (Lipinski definition) is 2. The van der Waals surface area contributed by atoms with E-state index in [1.54, 1.807) is 36.3 Å². The van der Waals surface area contributed by atoms with E-state index in [0.29, 0.717) is 63.0 Å². The fraction of sp³-hybridized carbons (Fsp3) is 0.464. The number of halogens is 1. The highest BCUT2D eigenvalue weighted by molar-refractivity contribution is 7.89. The van der Waals surface area contributed by atoms with Crippen molar-refractivity contribution < 1.29 is 31.9 Å². The number of rotatable bonds is 8. The van der Waals surface area contributed by atoms with Gasteiger partial charge in [0.15, 0.2) is 0 Å². The molecule has 0 unspecified atom stereocenters. The van der Waals surface area contributed by atoms with Crippen molar-refractivity contribution in [3.8, 4) is 0 Å². The van der Waals surface area contributed by atoms with E-state index in [2.05, 4.69) is 9.62 Å². The molecule has 9 nitrogen and oxygen atoms in total. The summed E-state index contributed by atoms with van der Waals surface area (Å²) in [6.45, 7) is 4.58. The number of nitrogens with one attached hydrogen (secondary N) is 1. The maximum Gasteiger partial charge on any atom is 0.410 e. The van der Waals surface area contributed by atoms with Gasteiger partial charge in [0.25, 0.3) is 0 Å². The molecule has 210 valence electrons. The van der Waals surface area contributed by atoms with Gasteiger partial charge in [0.1, 0.15) is 11.4 Å². The molecule has 3 aromatic rings. The van der Waals surface area contributed by atoms with Crippen molar-refractivity contribution in [2.75, 3.05) is 39.3 Å². The maximum absolute atomic E-state index is 13.6. The van der Waals surface area contributed by atoms with Crippen molar-refractivity contribution in [2.45, 2.75) is 49.6 Å². The number of furan rings is 1. The molecule has 0 saturated carbocycles. The smallest absolute Gasteiger partial charge is 0.410 e.